The Kier molecular flexibility index (Phi) is 9.25. The maximum Gasteiger partial charge on any atom is 0.707 e. The molecule has 8 aromatic rings. The van der Waals surface area contributed by atoms with Crippen LogP contribution in [0.4, 0.5) is 0 Å². The second kappa shape index (κ2) is 14.0. The third-order valence-corrected chi connectivity index (χ3v) is 14.1. The van der Waals surface area contributed by atoms with E-state index in [9.17, 15) is 0 Å². The Balaban J connectivity index is 0.000000154. The minimum absolute atomic E-state index is 0.466. The summed E-state index contributed by atoms with van der Waals surface area (Å²) in [5.74, 6) is 0.466. The van der Waals surface area contributed by atoms with E-state index in [1.54, 1.807) is 6.07 Å². The number of hydrogen-bond acceptors (Lipinski definition) is 3. The summed E-state index contributed by atoms with van der Waals surface area (Å²) in [6.45, 7) is 0. The zero-order valence-corrected chi connectivity index (χ0v) is 27.8. The summed E-state index contributed by atoms with van der Waals surface area (Å²) in [5, 5.41) is 30.7. The van der Waals surface area contributed by atoms with E-state index in [0.717, 1.165) is 32.0 Å². The van der Waals surface area contributed by atoms with E-state index in [1.165, 1.54) is 26.6 Å². The Morgan fingerprint density at radius 3 is 1.50 bits per heavy atom. The van der Waals surface area contributed by atoms with Crippen LogP contribution in [-0.2, 0) is 0 Å². The van der Waals surface area contributed by atoms with Crippen LogP contribution < -0.4 is 25.9 Å². The molecule has 0 aliphatic rings. The third kappa shape index (κ3) is 6.08. The Morgan fingerprint density at radius 2 is 0.938 bits per heavy atom. The SMILES string of the molecule is Clc1ccccc1[PH](c1ccccc1)(c1ccccc1)c1ccccc1.OB(O)Oc1cccc2ccc3cc4ccccc4cc3c12. The molecule has 48 heavy (non-hydrogen) atoms. The molecule has 8 rings (SSSR count). The van der Waals surface area contributed by atoms with Gasteiger partial charge in [0.1, 0.15) is 5.75 Å². The summed E-state index contributed by atoms with van der Waals surface area (Å²) in [6.07, 6.45) is 0. The van der Waals surface area contributed by atoms with Gasteiger partial charge < -0.3 is 14.7 Å². The van der Waals surface area contributed by atoms with Gasteiger partial charge in [-0.2, -0.15) is 0 Å². The molecule has 234 valence electrons. The molecule has 0 unspecified atom stereocenters. The summed E-state index contributed by atoms with van der Waals surface area (Å²) in [5.41, 5.74) is 0. The average molecular weight is 663 g/mol. The van der Waals surface area contributed by atoms with Gasteiger partial charge in [0, 0.05) is 5.39 Å². The van der Waals surface area contributed by atoms with Crippen LogP contribution in [0.1, 0.15) is 0 Å². The van der Waals surface area contributed by atoms with Gasteiger partial charge in [0.2, 0.25) is 0 Å². The molecule has 0 amide bonds. The van der Waals surface area contributed by atoms with E-state index in [4.69, 9.17) is 26.3 Å². The predicted molar refractivity (Wildman–Crippen MR) is 207 cm³/mol. The molecule has 0 radical (unpaired) electrons. The summed E-state index contributed by atoms with van der Waals surface area (Å²) in [7, 11) is -4.31. The summed E-state index contributed by atoms with van der Waals surface area (Å²) in [6, 6.07) is 62.8. The molecule has 0 aliphatic heterocycles. The van der Waals surface area contributed by atoms with E-state index in [1.807, 2.05) is 42.5 Å². The maximum atomic E-state index is 9.14. The van der Waals surface area contributed by atoms with Crippen molar-refractivity contribution in [1.82, 2.24) is 0 Å². The molecule has 0 fully saturated rings. The minimum Gasteiger partial charge on any atom is -0.511 e. The first-order valence-electron chi connectivity index (χ1n) is 15.8. The van der Waals surface area contributed by atoms with Crippen molar-refractivity contribution in [2.75, 3.05) is 0 Å². The largest absolute Gasteiger partial charge is 0.707 e. The van der Waals surface area contributed by atoms with Crippen LogP contribution >= 0.6 is 18.9 Å². The van der Waals surface area contributed by atoms with Gasteiger partial charge in [0.15, 0.2) is 0 Å². The zero-order chi connectivity index (χ0) is 32.9. The summed E-state index contributed by atoms with van der Waals surface area (Å²) >= 11 is 6.79. The minimum atomic E-state index is -2.48. The van der Waals surface area contributed by atoms with E-state index in [2.05, 4.69) is 133 Å². The van der Waals surface area contributed by atoms with Gasteiger partial charge in [-0.05, 0) is 45.1 Å². The Hall–Kier alpha value is -4.96. The number of fused-ring (bicyclic) bond motifs is 4. The van der Waals surface area contributed by atoms with E-state index in [-0.39, 0.29) is 0 Å². The van der Waals surface area contributed by atoms with Gasteiger partial charge in [-0.1, -0.05) is 48.5 Å². The molecule has 0 aromatic heterocycles. The fourth-order valence-electron chi connectivity index (χ4n) is 6.78. The molecule has 0 spiro atoms. The Bertz CT molecular complexity index is 2220. The standard InChI is InChI=1S/C24H20ClP.C18H13BO3/c25-23-18-10-11-19-24(23)26(20-12-4-1-5-13-20,21-14-6-2-7-15-21)22-16-8-3-9-17-22;20-19(21)22-17-7-3-6-12-8-9-15-10-13-4-1-2-5-14(13)11-16(15)18(12)17/h1-19,26H;1-11,20-21H. The molecular formula is C42H33BClO3P. The third-order valence-electron chi connectivity index (χ3n) is 8.82. The smallest absolute Gasteiger partial charge is 0.511 e. The van der Waals surface area contributed by atoms with Crippen molar-refractivity contribution < 1.29 is 14.7 Å². The summed E-state index contributed by atoms with van der Waals surface area (Å²) < 4.78 is 5.16. The van der Waals surface area contributed by atoms with Crippen LogP contribution in [0, 0.1) is 0 Å². The van der Waals surface area contributed by atoms with Crippen molar-refractivity contribution in [3.63, 3.8) is 0 Å². The van der Waals surface area contributed by atoms with Crippen molar-refractivity contribution in [2.24, 2.45) is 0 Å². The van der Waals surface area contributed by atoms with E-state index < -0.39 is 14.6 Å². The average Bonchev–Trinajstić information content (AvgIpc) is 3.13. The van der Waals surface area contributed by atoms with Crippen molar-refractivity contribution >= 4 is 79.7 Å². The first kappa shape index (κ1) is 31.6. The number of benzene rings is 8. The molecule has 0 atom stereocenters. The van der Waals surface area contributed by atoms with Gasteiger partial charge in [0.25, 0.3) is 0 Å². The number of rotatable bonds is 6. The van der Waals surface area contributed by atoms with Crippen molar-refractivity contribution in [1.29, 1.82) is 0 Å². The second-order valence-electron chi connectivity index (χ2n) is 11.6. The van der Waals surface area contributed by atoms with Crippen molar-refractivity contribution in [2.45, 2.75) is 0 Å². The van der Waals surface area contributed by atoms with Gasteiger partial charge in [-0.25, -0.2) is 0 Å². The molecule has 0 heterocycles. The molecule has 0 saturated carbocycles. The number of hydrogen-bond donors (Lipinski definition) is 2. The van der Waals surface area contributed by atoms with E-state index in [0.29, 0.717) is 5.75 Å². The van der Waals surface area contributed by atoms with Crippen LogP contribution in [0.15, 0.2) is 182 Å². The van der Waals surface area contributed by atoms with Crippen LogP contribution in [0.5, 0.6) is 5.75 Å². The van der Waals surface area contributed by atoms with Crippen LogP contribution in [0.25, 0.3) is 32.3 Å². The first-order chi connectivity index (χ1) is 23.6. The van der Waals surface area contributed by atoms with Gasteiger partial charge in [0.05, 0.1) is 0 Å². The first-order valence-corrected chi connectivity index (χ1v) is 18.2. The molecule has 3 nitrogen and oxygen atoms in total. The van der Waals surface area contributed by atoms with Gasteiger partial charge in [-0.15, -0.1) is 0 Å². The molecule has 6 heteroatoms. The molecule has 2 N–H and O–H groups in total. The van der Waals surface area contributed by atoms with Gasteiger partial charge >= 0.3 is 168 Å². The summed E-state index contributed by atoms with van der Waals surface area (Å²) in [4.78, 5) is 0. The Labute approximate surface area is 286 Å². The zero-order valence-electron chi connectivity index (χ0n) is 26.1. The second-order valence-corrected chi connectivity index (χ2v) is 15.8. The predicted octanol–water partition coefficient (Wildman–Crippen LogP) is 8.19. The fourth-order valence-corrected chi connectivity index (χ4v) is 12.1. The van der Waals surface area contributed by atoms with Crippen molar-refractivity contribution in [3.05, 3.63) is 187 Å². The maximum absolute atomic E-state index is 9.14. The number of halogens is 1. The Morgan fingerprint density at radius 1 is 0.458 bits per heavy atom. The topological polar surface area (TPSA) is 49.7 Å². The molecule has 0 aliphatic carbocycles. The molecule has 8 aromatic carbocycles. The monoisotopic (exact) mass is 662 g/mol. The normalized spacial score (nSPS) is 11.6. The van der Waals surface area contributed by atoms with Crippen molar-refractivity contribution in [3.8, 4) is 5.75 Å². The quantitative estimate of drug-likeness (QED) is 0.0817. The molecule has 0 saturated heterocycles. The van der Waals surface area contributed by atoms with E-state index >= 15 is 0 Å². The van der Waals surface area contributed by atoms with Crippen LogP contribution in [0.3, 0.4) is 0 Å². The molecule has 0 bridgehead atoms. The van der Waals surface area contributed by atoms with Crippen LogP contribution in [-0.4, -0.2) is 17.4 Å². The fraction of sp³-hybridized carbons (Fsp3) is 0. The van der Waals surface area contributed by atoms with Crippen LogP contribution in [0.2, 0.25) is 5.02 Å². The van der Waals surface area contributed by atoms with Gasteiger partial charge in [-0.3, -0.25) is 0 Å². The molecular weight excluding hydrogens is 630 g/mol.